The summed E-state index contributed by atoms with van der Waals surface area (Å²) in [6.45, 7) is 4.67. The molecule has 114 valence electrons. The summed E-state index contributed by atoms with van der Waals surface area (Å²) >= 11 is 0. The minimum atomic E-state index is -1.05. The van der Waals surface area contributed by atoms with Crippen molar-refractivity contribution in [2.45, 2.75) is 32.9 Å². The van der Waals surface area contributed by atoms with Crippen LogP contribution in [0.15, 0.2) is 18.2 Å². The fraction of sp³-hybridized carbons (Fsp3) is 0.467. The van der Waals surface area contributed by atoms with Crippen molar-refractivity contribution in [3.63, 3.8) is 0 Å². The van der Waals surface area contributed by atoms with Crippen molar-refractivity contribution in [2.75, 3.05) is 13.8 Å². The number of hydrogen-bond donors (Lipinski definition) is 0. The van der Waals surface area contributed by atoms with Crippen molar-refractivity contribution < 1.29 is 23.8 Å². The molecule has 1 atom stereocenters. The molecule has 0 N–H and O–H groups in total. The molecule has 6 heteroatoms. The minimum absolute atomic E-state index is 0.181. The maximum atomic E-state index is 11.6. The lowest BCUT2D eigenvalue weighted by Crippen LogP contribution is -2.51. The first kappa shape index (κ1) is 15.2. The summed E-state index contributed by atoms with van der Waals surface area (Å²) in [5.74, 6) is 0.724. The predicted molar refractivity (Wildman–Crippen MR) is 74.9 cm³/mol. The highest BCUT2D eigenvalue weighted by Crippen LogP contribution is 2.34. The third kappa shape index (κ3) is 3.26. The molecule has 6 nitrogen and oxygen atoms in total. The maximum Gasteiger partial charge on any atom is 0.304 e. The molecule has 0 radical (unpaired) electrons. The Morgan fingerprint density at radius 1 is 1.29 bits per heavy atom. The van der Waals surface area contributed by atoms with Gasteiger partial charge in [0.1, 0.15) is 0 Å². The second-order valence-corrected chi connectivity index (χ2v) is 5.21. The number of carbonyl (C=O) groups is 2. The first-order chi connectivity index (χ1) is 9.82. The molecule has 1 aliphatic heterocycles. The van der Waals surface area contributed by atoms with Gasteiger partial charge in [0, 0.05) is 27.3 Å². The third-order valence-corrected chi connectivity index (χ3v) is 3.51. The molecule has 0 saturated carbocycles. The minimum Gasteiger partial charge on any atom is -0.454 e. The first-order valence-electron chi connectivity index (χ1n) is 6.64. The summed E-state index contributed by atoms with van der Waals surface area (Å²) in [4.78, 5) is 24.4. The molecular formula is C15H19NO5. The van der Waals surface area contributed by atoms with Gasteiger partial charge >= 0.3 is 5.97 Å². The normalized spacial score (nSPS) is 15.2. The topological polar surface area (TPSA) is 65.1 Å². The summed E-state index contributed by atoms with van der Waals surface area (Å²) in [5, 5.41) is 0. The van der Waals surface area contributed by atoms with Crippen LogP contribution in [0.25, 0.3) is 0 Å². The molecule has 1 aromatic carbocycles. The Balaban J connectivity index is 2.26. The quantitative estimate of drug-likeness (QED) is 0.624. The van der Waals surface area contributed by atoms with Crippen LogP contribution in [-0.2, 0) is 20.7 Å². The van der Waals surface area contributed by atoms with Gasteiger partial charge < -0.3 is 19.1 Å². The van der Waals surface area contributed by atoms with E-state index >= 15 is 0 Å². The molecule has 0 spiro atoms. The van der Waals surface area contributed by atoms with Gasteiger partial charge in [-0.3, -0.25) is 9.59 Å². The molecule has 0 fully saturated rings. The van der Waals surface area contributed by atoms with Gasteiger partial charge in [0.05, 0.1) is 0 Å². The number of benzene rings is 1. The van der Waals surface area contributed by atoms with Gasteiger partial charge in [-0.05, 0) is 24.6 Å². The zero-order valence-electron chi connectivity index (χ0n) is 12.6. The summed E-state index contributed by atoms with van der Waals surface area (Å²) in [7, 11) is 1.61. The van der Waals surface area contributed by atoms with Crippen molar-refractivity contribution in [2.24, 2.45) is 0 Å². The van der Waals surface area contributed by atoms with Crippen molar-refractivity contribution in [3.8, 4) is 11.5 Å². The fourth-order valence-corrected chi connectivity index (χ4v) is 2.30. The molecule has 1 aromatic rings. The zero-order chi connectivity index (χ0) is 15.6. The van der Waals surface area contributed by atoms with E-state index in [2.05, 4.69) is 0 Å². The number of nitrogens with zero attached hydrogens (tertiary/aromatic N) is 1. The van der Waals surface area contributed by atoms with Crippen LogP contribution < -0.4 is 9.47 Å². The van der Waals surface area contributed by atoms with Crippen LogP contribution in [0.2, 0.25) is 0 Å². The SMILES string of the molecule is CC(=O)OC(C)(Cc1ccc2c(c1)OCO2)N(C)C(C)=O. The van der Waals surface area contributed by atoms with Gasteiger partial charge in [0.2, 0.25) is 12.7 Å². The molecule has 1 heterocycles. The molecule has 2 rings (SSSR count). The Bertz CT molecular complexity index is 571. The van der Waals surface area contributed by atoms with Crippen LogP contribution in [-0.4, -0.2) is 36.3 Å². The summed E-state index contributed by atoms with van der Waals surface area (Å²) in [6.07, 6.45) is 0.360. The molecule has 0 saturated heterocycles. The number of ether oxygens (including phenoxy) is 3. The summed E-state index contributed by atoms with van der Waals surface area (Å²) in [6, 6.07) is 5.50. The highest BCUT2D eigenvalue weighted by atomic mass is 16.7. The largest absolute Gasteiger partial charge is 0.454 e. The van der Waals surface area contributed by atoms with Crippen molar-refractivity contribution >= 4 is 11.9 Å². The van der Waals surface area contributed by atoms with Gasteiger partial charge in [-0.25, -0.2) is 0 Å². The number of amides is 1. The number of carbonyl (C=O) groups excluding carboxylic acids is 2. The Hall–Kier alpha value is -2.24. The molecule has 1 aliphatic rings. The van der Waals surface area contributed by atoms with E-state index in [0.717, 1.165) is 5.56 Å². The fourth-order valence-electron chi connectivity index (χ4n) is 2.30. The second-order valence-electron chi connectivity index (χ2n) is 5.21. The van der Waals surface area contributed by atoms with Crippen LogP contribution in [0.1, 0.15) is 26.3 Å². The maximum absolute atomic E-state index is 11.6. The lowest BCUT2D eigenvalue weighted by atomic mass is 10.0. The average molecular weight is 293 g/mol. The monoisotopic (exact) mass is 293 g/mol. The van der Waals surface area contributed by atoms with Gasteiger partial charge in [-0.1, -0.05) is 6.07 Å². The van der Waals surface area contributed by atoms with Crippen molar-refractivity contribution in [3.05, 3.63) is 23.8 Å². The number of esters is 1. The van der Waals surface area contributed by atoms with E-state index in [9.17, 15) is 9.59 Å². The molecule has 0 bridgehead atoms. The highest BCUT2D eigenvalue weighted by Gasteiger charge is 2.35. The van der Waals surface area contributed by atoms with Crippen LogP contribution in [0, 0.1) is 0 Å². The van der Waals surface area contributed by atoms with Crippen molar-refractivity contribution in [1.29, 1.82) is 0 Å². The Morgan fingerprint density at radius 3 is 2.57 bits per heavy atom. The summed E-state index contributed by atoms with van der Waals surface area (Å²) in [5.41, 5.74) is -0.165. The predicted octanol–water partition coefficient (Wildman–Crippen LogP) is 1.72. The van der Waals surface area contributed by atoms with E-state index in [1.54, 1.807) is 20.0 Å². The third-order valence-electron chi connectivity index (χ3n) is 3.51. The smallest absolute Gasteiger partial charge is 0.304 e. The van der Waals surface area contributed by atoms with E-state index in [0.29, 0.717) is 17.9 Å². The van der Waals surface area contributed by atoms with E-state index in [-0.39, 0.29) is 12.7 Å². The van der Waals surface area contributed by atoms with E-state index in [4.69, 9.17) is 14.2 Å². The van der Waals surface area contributed by atoms with Crippen LogP contribution in [0.5, 0.6) is 11.5 Å². The molecule has 1 unspecified atom stereocenters. The Labute approximate surface area is 123 Å². The van der Waals surface area contributed by atoms with Crippen LogP contribution in [0.3, 0.4) is 0 Å². The number of hydrogen-bond acceptors (Lipinski definition) is 5. The number of fused-ring (bicyclic) bond motifs is 1. The first-order valence-corrected chi connectivity index (χ1v) is 6.64. The summed E-state index contributed by atoms with van der Waals surface area (Å²) < 4.78 is 16.0. The standard InChI is InChI=1S/C15H19NO5/c1-10(17)16(4)15(3,21-11(2)18)8-12-5-6-13-14(7-12)20-9-19-13/h5-7H,8-9H2,1-4H3. The Morgan fingerprint density at radius 2 is 1.95 bits per heavy atom. The molecule has 0 aliphatic carbocycles. The second kappa shape index (κ2) is 5.63. The van der Waals surface area contributed by atoms with Crippen LogP contribution >= 0.6 is 0 Å². The molecular weight excluding hydrogens is 274 g/mol. The lowest BCUT2D eigenvalue weighted by Gasteiger charge is -2.37. The highest BCUT2D eigenvalue weighted by molar-refractivity contribution is 5.74. The van der Waals surface area contributed by atoms with Gasteiger partial charge in [0.15, 0.2) is 17.2 Å². The number of rotatable bonds is 4. The molecule has 1 amide bonds. The average Bonchev–Trinajstić information content (AvgIpc) is 2.83. The van der Waals surface area contributed by atoms with Gasteiger partial charge in [-0.15, -0.1) is 0 Å². The zero-order valence-corrected chi connectivity index (χ0v) is 12.6. The number of likely N-dealkylation sites (N-methyl/N-ethyl adjacent to an activating group) is 1. The molecule has 0 aromatic heterocycles. The molecule has 21 heavy (non-hydrogen) atoms. The van der Waals surface area contributed by atoms with E-state index in [1.165, 1.54) is 18.7 Å². The van der Waals surface area contributed by atoms with Crippen LogP contribution in [0.4, 0.5) is 0 Å². The Kier molecular flexibility index (Phi) is 4.06. The van der Waals surface area contributed by atoms with E-state index in [1.807, 2.05) is 12.1 Å². The van der Waals surface area contributed by atoms with E-state index < -0.39 is 11.7 Å². The lowest BCUT2D eigenvalue weighted by molar-refractivity contribution is -0.180. The van der Waals surface area contributed by atoms with Crippen molar-refractivity contribution in [1.82, 2.24) is 4.90 Å². The van der Waals surface area contributed by atoms with Gasteiger partial charge in [-0.2, -0.15) is 0 Å². The van der Waals surface area contributed by atoms with Gasteiger partial charge in [0.25, 0.3) is 0 Å².